The van der Waals surface area contributed by atoms with E-state index in [1.165, 1.54) is 18.1 Å². The van der Waals surface area contributed by atoms with Crippen LogP contribution in [-0.2, 0) is 14.3 Å². The lowest BCUT2D eigenvalue weighted by Crippen LogP contribution is -2.48. The van der Waals surface area contributed by atoms with Gasteiger partial charge in [-0.25, -0.2) is 8.78 Å². The summed E-state index contributed by atoms with van der Waals surface area (Å²) in [5, 5.41) is 2.11. The average Bonchev–Trinajstić information content (AvgIpc) is 2.48. The Bertz CT molecular complexity index is 526. The van der Waals surface area contributed by atoms with Crippen molar-refractivity contribution in [3.8, 4) is 0 Å². The van der Waals surface area contributed by atoms with Crippen molar-refractivity contribution in [3.05, 3.63) is 29.8 Å². The largest absolute Gasteiger partial charge is 0.383 e. The number of nitrogens with one attached hydrogen (secondary N) is 1. The molecule has 9 heteroatoms. The van der Waals surface area contributed by atoms with Crippen LogP contribution in [0.4, 0.5) is 14.5 Å². The molecule has 3 N–H and O–H groups in total. The number of carbonyl (C=O) groups excluding carboxylic acids is 2. The van der Waals surface area contributed by atoms with E-state index < -0.39 is 35.2 Å². The highest BCUT2D eigenvalue weighted by Crippen LogP contribution is 2.17. The molecular weight excluding hydrogens is 332 g/mol. The highest BCUT2D eigenvalue weighted by atomic mass is 35.5. The van der Waals surface area contributed by atoms with Crippen molar-refractivity contribution >= 4 is 29.9 Å². The van der Waals surface area contributed by atoms with Gasteiger partial charge < -0.3 is 20.7 Å². The predicted molar refractivity (Wildman–Crippen MR) is 84.3 cm³/mol. The van der Waals surface area contributed by atoms with Gasteiger partial charge in [-0.1, -0.05) is 6.07 Å². The molecule has 6 nitrogen and oxygen atoms in total. The SMILES string of the molecule is CCN(CC(=O)Nc1c(F)cccc1F)C(=O)C(N)COC.Cl. The number of amides is 2. The van der Waals surface area contributed by atoms with Crippen LogP contribution in [0.5, 0.6) is 0 Å². The highest BCUT2D eigenvalue weighted by molar-refractivity contribution is 5.95. The fraction of sp³-hybridized carbons (Fsp3) is 0.429. The van der Waals surface area contributed by atoms with Crippen LogP contribution in [0.15, 0.2) is 18.2 Å². The van der Waals surface area contributed by atoms with Gasteiger partial charge in [0.25, 0.3) is 0 Å². The summed E-state index contributed by atoms with van der Waals surface area (Å²) >= 11 is 0. The Morgan fingerprint density at radius 2 is 1.91 bits per heavy atom. The molecule has 1 unspecified atom stereocenters. The molecule has 0 heterocycles. The molecule has 0 aliphatic rings. The Morgan fingerprint density at radius 1 is 1.35 bits per heavy atom. The van der Waals surface area contributed by atoms with Crippen LogP contribution in [-0.4, -0.2) is 49.6 Å². The first-order chi connectivity index (χ1) is 10.4. The number of para-hydroxylation sites is 1. The van der Waals surface area contributed by atoms with Crippen molar-refractivity contribution in [2.45, 2.75) is 13.0 Å². The van der Waals surface area contributed by atoms with E-state index in [2.05, 4.69) is 5.32 Å². The summed E-state index contributed by atoms with van der Waals surface area (Å²) in [6.45, 7) is 1.54. The number of likely N-dealkylation sites (N-methyl/N-ethyl adjacent to an activating group) is 1. The Kier molecular flexibility index (Phi) is 9.31. The quantitative estimate of drug-likeness (QED) is 0.771. The predicted octanol–water partition coefficient (Wildman–Crippen LogP) is 1.15. The molecule has 0 bridgehead atoms. The van der Waals surface area contributed by atoms with Crippen LogP contribution in [0.3, 0.4) is 0 Å². The number of nitrogens with zero attached hydrogens (tertiary/aromatic N) is 1. The first-order valence-corrected chi connectivity index (χ1v) is 6.67. The molecule has 2 amide bonds. The summed E-state index contributed by atoms with van der Waals surface area (Å²) < 4.78 is 31.7. The molecule has 1 aromatic rings. The van der Waals surface area contributed by atoms with Gasteiger partial charge >= 0.3 is 0 Å². The molecule has 0 spiro atoms. The van der Waals surface area contributed by atoms with Crippen LogP contribution in [0, 0.1) is 11.6 Å². The van der Waals surface area contributed by atoms with Crippen LogP contribution in [0.2, 0.25) is 0 Å². The minimum atomic E-state index is -0.900. The van der Waals surface area contributed by atoms with Crippen LogP contribution in [0.1, 0.15) is 6.92 Å². The molecule has 0 aromatic heterocycles. The van der Waals surface area contributed by atoms with Gasteiger partial charge in [-0.3, -0.25) is 9.59 Å². The molecule has 1 rings (SSSR count). The number of hydrogen-bond donors (Lipinski definition) is 2. The smallest absolute Gasteiger partial charge is 0.244 e. The summed E-state index contributed by atoms with van der Waals surface area (Å²) in [5.41, 5.74) is 5.07. The monoisotopic (exact) mass is 351 g/mol. The number of anilines is 1. The second-order valence-electron chi connectivity index (χ2n) is 4.56. The minimum absolute atomic E-state index is 0. The second-order valence-corrected chi connectivity index (χ2v) is 4.56. The number of hydrogen-bond acceptors (Lipinski definition) is 4. The van der Waals surface area contributed by atoms with Gasteiger partial charge in [0.1, 0.15) is 23.4 Å². The maximum absolute atomic E-state index is 13.4. The van der Waals surface area contributed by atoms with Crippen LogP contribution in [0.25, 0.3) is 0 Å². The van der Waals surface area contributed by atoms with E-state index in [9.17, 15) is 18.4 Å². The third-order valence-corrected chi connectivity index (χ3v) is 2.92. The zero-order chi connectivity index (χ0) is 16.7. The van der Waals surface area contributed by atoms with E-state index in [0.717, 1.165) is 12.1 Å². The average molecular weight is 352 g/mol. The minimum Gasteiger partial charge on any atom is -0.383 e. The molecule has 0 radical (unpaired) electrons. The fourth-order valence-electron chi connectivity index (χ4n) is 1.80. The van der Waals surface area contributed by atoms with Crippen molar-refractivity contribution in [2.75, 3.05) is 32.1 Å². The molecule has 0 saturated heterocycles. The fourth-order valence-corrected chi connectivity index (χ4v) is 1.80. The van der Waals surface area contributed by atoms with Crippen molar-refractivity contribution < 1.29 is 23.1 Å². The van der Waals surface area contributed by atoms with Gasteiger partial charge in [-0.2, -0.15) is 0 Å². The lowest BCUT2D eigenvalue weighted by Gasteiger charge is -2.23. The van der Waals surface area contributed by atoms with E-state index in [1.54, 1.807) is 6.92 Å². The van der Waals surface area contributed by atoms with Gasteiger partial charge in [0.2, 0.25) is 11.8 Å². The molecule has 0 saturated carbocycles. The molecule has 130 valence electrons. The number of rotatable bonds is 7. The molecule has 23 heavy (non-hydrogen) atoms. The molecule has 1 atom stereocenters. The van der Waals surface area contributed by atoms with Gasteiger partial charge in [0, 0.05) is 13.7 Å². The topological polar surface area (TPSA) is 84.7 Å². The van der Waals surface area contributed by atoms with Crippen molar-refractivity contribution in [3.63, 3.8) is 0 Å². The zero-order valence-electron chi connectivity index (χ0n) is 12.8. The highest BCUT2D eigenvalue weighted by Gasteiger charge is 2.22. The van der Waals surface area contributed by atoms with E-state index >= 15 is 0 Å². The third kappa shape index (κ3) is 6.09. The number of benzene rings is 1. The maximum atomic E-state index is 13.4. The van der Waals surface area contributed by atoms with Crippen molar-refractivity contribution in [1.29, 1.82) is 0 Å². The number of nitrogens with two attached hydrogens (primary N) is 1. The first-order valence-electron chi connectivity index (χ1n) is 6.67. The Labute approximate surface area is 139 Å². The van der Waals surface area contributed by atoms with Crippen molar-refractivity contribution in [1.82, 2.24) is 4.90 Å². The molecule has 0 aliphatic carbocycles. The lowest BCUT2D eigenvalue weighted by molar-refractivity contribution is -0.136. The molecule has 0 aliphatic heterocycles. The van der Waals surface area contributed by atoms with E-state index in [0.29, 0.717) is 0 Å². The van der Waals surface area contributed by atoms with E-state index in [4.69, 9.17) is 10.5 Å². The van der Waals surface area contributed by atoms with Crippen LogP contribution >= 0.6 is 12.4 Å². The summed E-state index contributed by atoms with van der Waals surface area (Å²) in [7, 11) is 1.40. The molecular formula is C14H20ClF2N3O3. The lowest BCUT2D eigenvalue weighted by atomic mass is 10.2. The van der Waals surface area contributed by atoms with Gasteiger partial charge in [-0.15, -0.1) is 12.4 Å². The summed E-state index contributed by atoms with van der Waals surface area (Å²) in [6, 6.07) is 2.33. The van der Waals surface area contributed by atoms with Gasteiger partial charge in [0.15, 0.2) is 0 Å². The molecule has 1 aromatic carbocycles. The van der Waals surface area contributed by atoms with Gasteiger partial charge in [0.05, 0.1) is 13.2 Å². The third-order valence-electron chi connectivity index (χ3n) is 2.92. The summed E-state index contributed by atoms with van der Waals surface area (Å²) in [6.07, 6.45) is 0. The number of methoxy groups -OCH3 is 1. The Balaban J connectivity index is 0.00000484. The number of ether oxygens (including phenoxy) is 1. The summed E-state index contributed by atoms with van der Waals surface area (Å²) in [5.74, 6) is -2.98. The maximum Gasteiger partial charge on any atom is 0.244 e. The summed E-state index contributed by atoms with van der Waals surface area (Å²) in [4.78, 5) is 25.0. The first kappa shape index (κ1) is 21.2. The number of carbonyl (C=O) groups is 2. The van der Waals surface area contributed by atoms with Crippen molar-refractivity contribution in [2.24, 2.45) is 5.73 Å². The zero-order valence-corrected chi connectivity index (χ0v) is 13.7. The Hall–Kier alpha value is -1.77. The normalized spacial score (nSPS) is 11.3. The van der Waals surface area contributed by atoms with E-state index in [-0.39, 0.29) is 32.1 Å². The van der Waals surface area contributed by atoms with Gasteiger partial charge in [-0.05, 0) is 19.1 Å². The van der Waals surface area contributed by atoms with Crippen LogP contribution < -0.4 is 11.1 Å². The molecule has 0 fully saturated rings. The van der Waals surface area contributed by atoms with E-state index in [1.807, 2.05) is 0 Å². The second kappa shape index (κ2) is 10.1. The Morgan fingerprint density at radius 3 is 2.39 bits per heavy atom. The number of halogens is 3. The standard InChI is InChI=1S/C14H19F2N3O3.ClH/c1-3-19(14(21)11(17)8-22-2)7-12(20)18-13-9(15)5-4-6-10(13)16;/h4-6,11H,3,7-8,17H2,1-2H3,(H,18,20);1H.